The van der Waals surface area contributed by atoms with Crippen LogP contribution in [0.15, 0.2) is 24.3 Å². The molecule has 3 rings (SSSR count). The van der Waals surface area contributed by atoms with Crippen molar-refractivity contribution >= 4 is 5.91 Å². The number of nitrogens with one attached hydrogen (secondary N) is 2. The van der Waals surface area contributed by atoms with Gasteiger partial charge in [-0.1, -0.05) is 12.1 Å². The summed E-state index contributed by atoms with van der Waals surface area (Å²) >= 11 is 0. The number of hydrogen-bond donors (Lipinski definition) is 2. The van der Waals surface area contributed by atoms with Crippen LogP contribution in [0, 0.1) is 5.92 Å². The van der Waals surface area contributed by atoms with Gasteiger partial charge in [-0.2, -0.15) is 0 Å². The average molecular weight is 303 g/mol. The van der Waals surface area contributed by atoms with Crippen LogP contribution >= 0.6 is 0 Å². The second-order valence-corrected chi connectivity index (χ2v) is 6.19. The highest BCUT2D eigenvalue weighted by molar-refractivity contribution is 5.78. The fraction of sp³-hybridized carbons (Fsp3) is 0.588. The van der Waals surface area contributed by atoms with Crippen LogP contribution in [0.5, 0.6) is 5.75 Å². The molecule has 0 aliphatic carbocycles. The van der Waals surface area contributed by atoms with Crippen molar-refractivity contribution in [1.29, 1.82) is 0 Å². The van der Waals surface area contributed by atoms with Gasteiger partial charge in [0.2, 0.25) is 5.91 Å². The van der Waals surface area contributed by atoms with E-state index in [9.17, 15) is 4.79 Å². The Kier molecular flexibility index (Phi) is 4.95. The van der Waals surface area contributed by atoms with Crippen LogP contribution in [0.25, 0.3) is 0 Å². The Morgan fingerprint density at radius 1 is 1.36 bits per heavy atom. The molecule has 2 heterocycles. The minimum absolute atomic E-state index is 0.140. The summed E-state index contributed by atoms with van der Waals surface area (Å²) in [5.41, 5.74) is 1.21. The van der Waals surface area contributed by atoms with E-state index in [1.165, 1.54) is 12.0 Å². The molecule has 5 nitrogen and oxygen atoms in total. The normalized spacial score (nSPS) is 24.2. The van der Waals surface area contributed by atoms with E-state index in [-0.39, 0.29) is 5.91 Å². The Morgan fingerprint density at radius 2 is 2.18 bits per heavy atom. The average Bonchev–Trinajstić information content (AvgIpc) is 3.13. The van der Waals surface area contributed by atoms with Crippen molar-refractivity contribution in [2.75, 3.05) is 39.8 Å². The molecule has 0 bridgehead atoms. The first-order chi connectivity index (χ1) is 10.8. The summed E-state index contributed by atoms with van der Waals surface area (Å²) in [6.45, 7) is 4.42. The maximum absolute atomic E-state index is 12.1. The molecule has 2 N–H and O–H groups in total. The van der Waals surface area contributed by atoms with Crippen LogP contribution in [0.1, 0.15) is 12.0 Å². The summed E-state index contributed by atoms with van der Waals surface area (Å²) in [5, 5.41) is 6.45. The molecule has 2 aliphatic heterocycles. The van der Waals surface area contributed by atoms with Crippen LogP contribution in [-0.2, 0) is 11.2 Å². The molecule has 0 spiro atoms. The van der Waals surface area contributed by atoms with Crippen molar-refractivity contribution in [3.63, 3.8) is 0 Å². The van der Waals surface area contributed by atoms with Gasteiger partial charge in [-0.15, -0.1) is 0 Å². The fourth-order valence-electron chi connectivity index (χ4n) is 3.51. The monoisotopic (exact) mass is 303 g/mol. The zero-order valence-electron chi connectivity index (χ0n) is 13.2. The summed E-state index contributed by atoms with van der Waals surface area (Å²) in [6.07, 6.45) is 2.07. The molecule has 0 aromatic heterocycles. The largest absolute Gasteiger partial charge is 0.497 e. The smallest absolute Gasteiger partial charge is 0.234 e. The van der Waals surface area contributed by atoms with Gasteiger partial charge in [0.15, 0.2) is 0 Å². The number of carbonyl (C=O) groups excluding carboxylic acids is 1. The summed E-state index contributed by atoms with van der Waals surface area (Å²) in [4.78, 5) is 14.4. The second-order valence-electron chi connectivity index (χ2n) is 6.19. The number of rotatable bonds is 6. The van der Waals surface area contributed by atoms with E-state index in [1.807, 2.05) is 24.3 Å². The zero-order valence-corrected chi connectivity index (χ0v) is 13.2. The summed E-state index contributed by atoms with van der Waals surface area (Å²) in [6, 6.07) is 8.55. The number of nitrogens with zero attached hydrogens (tertiary/aromatic N) is 1. The predicted octanol–water partition coefficient (Wildman–Crippen LogP) is 0.648. The molecule has 2 aliphatic rings. The molecule has 2 saturated heterocycles. The first-order valence-electron chi connectivity index (χ1n) is 8.10. The molecule has 1 aromatic carbocycles. The number of ether oxygens (including phenoxy) is 1. The lowest BCUT2D eigenvalue weighted by Crippen LogP contribution is -2.42. The molecule has 5 heteroatoms. The van der Waals surface area contributed by atoms with Crippen molar-refractivity contribution in [1.82, 2.24) is 15.5 Å². The molecule has 0 saturated carbocycles. The van der Waals surface area contributed by atoms with Crippen LogP contribution in [0.2, 0.25) is 0 Å². The number of methoxy groups -OCH3 is 1. The van der Waals surface area contributed by atoms with E-state index in [0.29, 0.717) is 19.1 Å². The van der Waals surface area contributed by atoms with Gasteiger partial charge >= 0.3 is 0 Å². The molecule has 22 heavy (non-hydrogen) atoms. The maximum atomic E-state index is 12.1. The molecule has 120 valence electrons. The van der Waals surface area contributed by atoms with Gasteiger partial charge in [-0.05, 0) is 49.5 Å². The maximum Gasteiger partial charge on any atom is 0.234 e. The Labute approximate surface area is 132 Å². The molecule has 2 atom stereocenters. The zero-order chi connectivity index (χ0) is 15.4. The van der Waals surface area contributed by atoms with Crippen LogP contribution in [0.3, 0.4) is 0 Å². The highest BCUT2D eigenvalue weighted by Gasteiger charge is 2.37. The fourth-order valence-corrected chi connectivity index (χ4v) is 3.51. The van der Waals surface area contributed by atoms with Crippen LogP contribution in [0.4, 0.5) is 0 Å². The molecular formula is C17H25N3O2. The molecule has 0 unspecified atom stereocenters. The lowest BCUT2D eigenvalue weighted by molar-refractivity contribution is -0.122. The Balaban J connectivity index is 1.39. The Hall–Kier alpha value is -1.59. The molecule has 1 amide bonds. The second kappa shape index (κ2) is 7.11. The quantitative estimate of drug-likeness (QED) is 0.810. The molecular weight excluding hydrogens is 278 g/mol. The van der Waals surface area contributed by atoms with Gasteiger partial charge in [0.1, 0.15) is 5.75 Å². The van der Waals surface area contributed by atoms with E-state index in [4.69, 9.17) is 4.74 Å². The van der Waals surface area contributed by atoms with Crippen molar-refractivity contribution in [2.45, 2.75) is 18.9 Å². The number of fused-ring (bicyclic) bond motifs is 1. The lowest BCUT2D eigenvalue weighted by atomic mass is 10.1. The topological polar surface area (TPSA) is 53.6 Å². The van der Waals surface area contributed by atoms with Gasteiger partial charge in [-0.3, -0.25) is 9.69 Å². The van der Waals surface area contributed by atoms with E-state index in [0.717, 1.165) is 37.7 Å². The molecule has 0 radical (unpaired) electrons. The van der Waals surface area contributed by atoms with Crippen molar-refractivity contribution in [2.24, 2.45) is 5.92 Å². The molecule has 1 aromatic rings. The first kappa shape index (κ1) is 15.3. The minimum atomic E-state index is 0.140. The molecule has 2 fully saturated rings. The van der Waals surface area contributed by atoms with Gasteiger partial charge in [0, 0.05) is 19.1 Å². The van der Waals surface area contributed by atoms with E-state index < -0.39 is 0 Å². The SMILES string of the molecule is COc1ccc(CCNC(=O)CN2CC[C@@H]3CNC[C@@H]32)cc1. The number of benzene rings is 1. The summed E-state index contributed by atoms with van der Waals surface area (Å²) in [7, 11) is 1.66. The number of hydrogen-bond acceptors (Lipinski definition) is 4. The standard InChI is InChI=1S/C17H25N3O2/c1-22-15-4-2-13(3-5-15)6-8-19-17(21)12-20-9-7-14-10-18-11-16(14)20/h2-5,14,16,18H,6-12H2,1H3,(H,19,21)/t14-,16+/m1/s1. The summed E-state index contributed by atoms with van der Waals surface area (Å²) in [5.74, 6) is 1.75. The van der Waals surface area contributed by atoms with Gasteiger partial charge in [-0.25, -0.2) is 0 Å². The van der Waals surface area contributed by atoms with Gasteiger partial charge in [0.25, 0.3) is 0 Å². The van der Waals surface area contributed by atoms with E-state index in [2.05, 4.69) is 15.5 Å². The number of carbonyl (C=O) groups is 1. The highest BCUT2D eigenvalue weighted by Crippen LogP contribution is 2.26. The van der Waals surface area contributed by atoms with Gasteiger partial charge in [0.05, 0.1) is 13.7 Å². The third kappa shape index (κ3) is 3.59. The van der Waals surface area contributed by atoms with Crippen LogP contribution < -0.4 is 15.4 Å². The summed E-state index contributed by atoms with van der Waals surface area (Å²) < 4.78 is 5.14. The Bertz CT molecular complexity index is 503. The van der Waals surface area contributed by atoms with E-state index in [1.54, 1.807) is 7.11 Å². The van der Waals surface area contributed by atoms with Crippen molar-refractivity contribution in [3.05, 3.63) is 29.8 Å². The number of likely N-dealkylation sites (tertiary alicyclic amines) is 1. The third-order valence-electron chi connectivity index (χ3n) is 4.80. The third-order valence-corrected chi connectivity index (χ3v) is 4.80. The minimum Gasteiger partial charge on any atom is -0.497 e. The van der Waals surface area contributed by atoms with Crippen molar-refractivity contribution in [3.8, 4) is 5.75 Å². The van der Waals surface area contributed by atoms with Gasteiger partial charge < -0.3 is 15.4 Å². The Morgan fingerprint density at radius 3 is 2.95 bits per heavy atom. The van der Waals surface area contributed by atoms with E-state index >= 15 is 0 Å². The lowest BCUT2D eigenvalue weighted by Gasteiger charge is -2.22. The first-order valence-corrected chi connectivity index (χ1v) is 8.10. The predicted molar refractivity (Wildman–Crippen MR) is 86.0 cm³/mol. The van der Waals surface area contributed by atoms with Crippen molar-refractivity contribution < 1.29 is 9.53 Å². The van der Waals surface area contributed by atoms with Crippen LogP contribution in [-0.4, -0.2) is 56.7 Å². The number of amides is 1. The highest BCUT2D eigenvalue weighted by atomic mass is 16.5.